The molecule has 2 atom stereocenters. The number of anilines is 2. The Morgan fingerprint density at radius 1 is 1.16 bits per heavy atom. The van der Waals surface area contributed by atoms with E-state index in [4.69, 9.17) is 4.74 Å². The van der Waals surface area contributed by atoms with E-state index in [-0.39, 0.29) is 23.8 Å². The Kier molecular flexibility index (Phi) is 5.98. The van der Waals surface area contributed by atoms with Gasteiger partial charge in [0.2, 0.25) is 5.95 Å². The lowest BCUT2D eigenvalue weighted by Crippen LogP contribution is -2.37. The van der Waals surface area contributed by atoms with Crippen LogP contribution in [0.4, 0.5) is 21.0 Å². The van der Waals surface area contributed by atoms with Gasteiger partial charge in [-0.05, 0) is 49.1 Å². The molecule has 3 aromatic rings. The number of carbonyl (C=O) groups is 1. The summed E-state index contributed by atoms with van der Waals surface area (Å²) in [7, 11) is 0. The van der Waals surface area contributed by atoms with Crippen LogP contribution in [-0.4, -0.2) is 38.7 Å². The van der Waals surface area contributed by atoms with E-state index in [0.717, 1.165) is 16.7 Å². The third kappa shape index (κ3) is 4.37. The normalized spacial score (nSPS) is 16.9. The lowest BCUT2D eigenvalue weighted by atomic mass is 10.0. The number of benzene rings is 1. The van der Waals surface area contributed by atoms with Gasteiger partial charge < -0.3 is 10.1 Å². The van der Waals surface area contributed by atoms with Crippen LogP contribution in [0.25, 0.3) is 11.1 Å². The zero-order valence-corrected chi connectivity index (χ0v) is 18.4. The highest BCUT2D eigenvalue weighted by Gasteiger charge is 2.37. The molecule has 0 bridgehead atoms. The summed E-state index contributed by atoms with van der Waals surface area (Å²) < 4.78 is 18.6. The zero-order chi connectivity index (χ0) is 22.8. The third-order valence-corrected chi connectivity index (χ3v) is 5.47. The molecule has 0 saturated carbocycles. The molecule has 0 unspecified atom stereocenters. The van der Waals surface area contributed by atoms with Gasteiger partial charge in [0.1, 0.15) is 24.1 Å². The molecule has 1 amide bonds. The minimum absolute atomic E-state index is 0.0755. The van der Waals surface area contributed by atoms with Crippen LogP contribution in [0.5, 0.6) is 0 Å². The van der Waals surface area contributed by atoms with Crippen molar-refractivity contribution in [3.63, 3.8) is 0 Å². The van der Waals surface area contributed by atoms with Crippen LogP contribution in [0.15, 0.2) is 42.9 Å². The van der Waals surface area contributed by atoms with Crippen molar-refractivity contribution < 1.29 is 13.9 Å². The highest BCUT2D eigenvalue weighted by molar-refractivity contribution is 5.89. The maximum Gasteiger partial charge on any atom is 0.415 e. The average Bonchev–Trinajstić information content (AvgIpc) is 3.16. The van der Waals surface area contributed by atoms with E-state index in [9.17, 15) is 9.18 Å². The van der Waals surface area contributed by atoms with Crippen molar-refractivity contribution in [3.8, 4) is 11.1 Å². The number of amides is 1. The van der Waals surface area contributed by atoms with Gasteiger partial charge in [0.25, 0.3) is 0 Å². The quantitative estimate of drug-likeness (QED) is 0.606. The predicted octanol–water partition coefficient (Wildman–Crippen LogP) is 4.54. The van der Waals surface area contributed by atoms with Gasteiger partial charge in [0.05, 0.1) is 12.1 Å². The standard InChI is InChI=1S/C23H25FN6O2/c1-13(2)19-12-32-23(31)30(19)20-7-8-25-22(29-20)28-15(4)21-26-10-16(11-27-21)18-6-5-17(24)9-14(18)3/h5-11,13,15,19H,12H2,1-4H3,(H,25,28,29)/t15-,19+/m0/s1. The second-order valence-corrected chi connectivity index (χ2v) is 8.15. The van der Waals surface area contributed by atoms with Crippen LogP contribution in [-0.2, 0) is 4.74 Å². The Labute approximate surface area is 185 Å². The molecule has 4 rings (SSSR count). The number of nitrogens with one attached hydrogen (secondary N) is 1. The Morgan fingerprint density at radius 3 is 2.59 bits per heavy atom. The monoisotopic (exact) mass is 436 g/mol. The number of nitrogens with zero attached hydrogens (tertiary/aromatic N) is 5. The number of cyclic esters (lactones) is 1. The molecule has 2 aromatic heterocycles. The molecule has 0 radical (unpaired) electrons. The summed E-state index contributed by atoms with van der Waals surface area (Å²) in [6, 6.07) is 5.96. The van der Waals surface area contributed by atoms with Crippen molar-refractivity contribution in [2.75, 3.05) is 16.8 Å². The minimum atomic E-state index is -0.406. The van der Waals surface area contributed by atoms with E-state index in [1.807, 2.05) is 27.7 Å². The summed E-state index contributed by atoms with van der Waals surface area (Å²) in [5.74, 6) is 1.36. The van der Waals surface area contributed by atoms with Crippen molar-refractivity contribution in [3.05, 3.63) is 60.1 Å². The molecule has 1 aromatic carbocycles. The van der Waals surface area contributed by atoms with Crippen molar-refractivity contribution in [1.29, 1.82) is 0 Å². The number of carbonyl (C=O) groups excluding carboxylic acids is 1. The van der Waals surface area contributed by atoms with Crippen molar-refractivity contribution in [1.82, 2.24) is 19.9 Å². The van der Waals surface area contributed by atoms with E-state index in [1.165, 1.54) is 12.1 Å². The number of aromatic nitrogens is 4. The maximum atomic E-state index is 13.4. The molecule has 1 saturated heterocycles. The summed E-state index contributed by atoms with van der Waals surface area (Å²) in [6.45, 7) is 8.16. The van der Waals surface area contributed by atoms with E-state index in [0.29, 0.717) is 24.2 Å². The van der Waals surface area contributed by atoms with Gasteiger partial charge >= 0.3 is 6.09 Å². The van der Waals surface area contributed by atoms with Crippen LogP contribution in [0, 0.1) is 18.7 Å². The molecule has 0 spiro atoms. The first-order chi connectivity index (χ1) is 15.3. The first-order valence-electron chi connectivity index (χ1n) is 10.5. The van der Waals surface area contributed by atoms with Gasteiger partial charge in [-0.1, -0.05) is 19.9 Å². The molecule has 166 valence electrons. The molecule has 8 nitrogen and oxygen atoms in total. The number of ether oxygens (including phenoxy) is 1. The summed E-state index contributed by atoms with van der Waals surface area (Å²) in [6.07, 6.45) is 4.62. The van der Waals surface area contributed by atoms with Crippen molar-refractivity contribution >= 4 is 17.9 Å². The first-order valence-corrected chi connectivity index (χ1v) is 10.5. The van der Waals surface area contributed by atoms with Crippen LogP contribution in [0.3, 0.4) is 0 Å². The summed E-state index contributed by atoms with van der Waals surface area (Å²) >= 11 is 0. The molecule has 32 heavy (non-hydrogen) atoms. The number of rotatable bonds is 6. The van der Waals surface area contributed by atoms with Gasteiger partial charge in [0.15, 0.2) is 0 Å². The average molecular weight is 436 g/mol. The number of hydrogen-bond acceptors (Lipinski definition) is 7. The fourth-order valence-corrected chi connectivity index (χ4v) is 3.65. The third-order valence-electron chi connectivity index (χ3n) is 5.47. The molecule has 0 aliphatic carbocycles. The van der Waals surface area contributed by atoms with Crippen LogP contribution < -0.4 is 10.2 Å². The Morgan fingerprint density at radius 2 is 1.91 bits per heavy atom. The lowest BCUT2D eigenvalue weighted by molar-refractivity contribution is 0.177. The van der Waals surface area contributed by atoms with Gasteiger partial charge in [-0.2, -0.15) is 4.98 Å². The van der Waals surface area contributed by atoms with Gasteiger partial charge in [-0.25, -0.2) is 24.1 Å². The predicted molar refractivity (Wildman–Crippen MR) is 119 cm³/mol. The number of aryl methyl sites for hydroxylation is 1. The maximum absolute atomic E-state index is 13.4. The van der Waals surface area contributed by atoms with E-state index >= 15 is 0 Å². The largest absolute Gasteiger partial charge is 0.447 e. The summed E-state index contributed by atoms with van der Waals surface area (Å²) in [4.78, 5) is 31.5. The number of halogens is 1. The molecule has 1 aliphatic heterocycles. The first kappa shape index (κ1) is 21.6. The lowest BCUT2D eigenvalue weighted by Gasteiger charge is -2.23. The molecule has 1 fully saturated rings. The molecule has 1 aliphatic rings. The molecule has 9 heteroatoms. The van der Waals surface area contributed by atoms with Crippen LogP contribution >= 0.6 is 0 Å². The molecule has 1 N–H and O–H groups in total. The minimum Gasteiger partial charge on any atom is -0.447 e. The molecular weight excluding hydrogens is 411 g/mol. The van der Waals surface area contributed by atoms with Gasteiger partial charge in [-0.3, -0.25) is 4.90 Å². The van der Waals surface area contributed by atoms with Crippen molar-refractivity contribution in [2.45, 2.75) is 39.8 Å². The number of hydrogen-bond donors (Lipinski definition) is 1. The highest BCUT2D eigenvalue weighted by atomic mass is 19.1. The molecule has 3 heterocycles. The topological polar surface area (TPSA) is 93.1 Å². The summed E-state index contributed by atoms with van der Waals surface area (Å²) in [5.41, 5.74) is 2.51. The van der Waals surface area contributed by atoms with E-state index in [2.05, 4.69) is 25.3 Å². The highest BCUT2D eigenvalue weighted by Crippen LogP contribution is 2.27. The van der Waals surface area contributed by atoms with Crippen molar-refractivity contribution in [2.24, 2.45) is 5.92 Å². The SMILES string of the molecule is Cc1cc(F)ccc1-c1cnc([C@H](C)Nc2nccc(N3C(=O)OC[C@@H]3C(C)C)n2)nc1. The van der Waals surface area contributed by atoms with E-state index in [1.54, 1.807) is 35.6 Å². The Balaban J connectivity index is 1.50. The fourth-order valence-electron chi connectivity index (χ4n) is 3.65. The fraction of sp³-hybridized carbons (Fsp3) is 0.348. The zero-order valence-electron chi connectivity index (χ0n) is 18.4. The van der Waals surface area contributed by atoms with E-state index < -0.39 is 6.09 Å². The smallest absolute Gasteiger partial charge is 0.415 e. The Hall–Kier alpha value is -3.62. The van der Waals surface area contributed by atoms with Crippen LogP contribution in [0.1, 0.15) is 38.2 Å². The second-order valence-electron chi connectivity index (χ2n) is 8.15. The van der Waals surface area contributed by atoms with Gasteiger partial charge in [-0.15, -0.1) is 0 Å². The van der Waals surface area contributed by atoms with Gasteiger partial charge in [0, 0.05) is 24.2 Å². The summed E-state index contributed by atoms with van der Waals surface area (Å²) in [5, 5.41) is 3.18. The second kappa shape index (κ2) is 8.86. The Bertz CT molecular complexity index is 1120. The molecular formula is C23H25FN6O2. The van der Waals surface area contributed by atoms with Crippen LogP contribution in [0.2, 0.25) is 0 Å².